The van der Waals surface area contributed by atoms with E-state index in [2.05, 4.69) is 20.3 Å². The molecular formula is C22H19FN4O. The summed E-state index contributed by atoms with van der Waals surface area (Å²) in [5.74, 6) is 0.160. The van der Waals surface area contributed by atoms with E-state index in [4.69, 9.17) is 0 Å². The molecule has 6 heteroatoms. The van der Waals surface area contributed by atoms with Crippen molar-refractivity contribution in [3.8, 4) is 11.4 Å². The van der Waals surface area contributed by atoms with Crippen LogP contribution in [0.2, 0.25) is 0 Å². The number of hydrogen-bond donors (Lipinski definition) is 2. The molecule has 0 spiro atoms. The number of aromatic nitrogens is 3. The standard InChI is InChI=1S/C22H19FN4O/c23-15-10-11-18-17(14-15)16(22(26-18)19-7-1-3-12-24-19)6-5-9-21(28)27-20-8-2-4-13-25-20/h1-4,7-8,10-14,26H,5-6,9H2,(H,25,27,28). The molecule has 0 aliphatic heterocycles. The molecule has 0 saturated carbocycles. The number of hydrogen-bond acceptors (Lipinski definition) is 3. The summed E-state index contributed by atoms with van der Waals surface area (Å²) in [5, 5.41) is 3.61. The molecule has 0 fully saturated rings. The second-order valence-corrected chi connectivity index (χ2v) is 6.50. The Hall–Kier alpha value is -3.54. The van der Waals surface area contributed by atoms with Gasteiger partial charge in [0.25, 0.3) is 0 Å². The highest BCUT2D eigenvalue weighted by molar-refractivity contribution is 5.91. The van der Waals surface area contributed by atoms with Crippen LogP contribution >= 0.6 is 0 Å². The molecule has 28 heavy (non-hydrogen) atoms. The fourth-order valence-electron chi connectivity index (χ4n) is 3.28. The molecule has 0 bridgehead atoms. The minimum Gasteiger partial charge on any atom is -0.353 e. The fourth-order valence-corrected chi connectivity index (χ4v) is 3.28. The number of carbonyl (C=O) groups is 1. The summed E-state index contributed by atoms with van der Waals surface area (Å²) in [5.41, 5.74) is 3.49. The van der Waals surface area contributed by atoms with E-state index in [0.717, 1.165) is 27.9 Å². The minimum atomic E-state index is -0.284. The lowest BCUT2D eigenvalue weighted by atomic mass is 10.0. The molecule has 1 amide bonds. The highest BCUT2D eigenvalue weighted by Crippen LogP contribution is 2.31. The average Bonchev–Trinajstić information content (AvgIpc) is 3.07. The number of fused-ring (bicyclic) bond motifs is 1. The van der Waals surface area contributed by atoms with E-state index in [0.29, 0.717) is 25.1 Å². The van der Waals surface area contributed by atoms with E-state index in [9.17, 15) is 9.18 Å². The zero-order chi connectivity index (χ0) is 19.3. The van der Waals surface area contributed by atoms with Crippen molar-refractivity contribution in [2.24, 2.45) is 0 Å². The summed E-state index contributed by atoms with van der Waals surface area (Å²) in [6.45, 7) is 0. The second-order valence-electron chi connectivity index (χ2n) is 6.50. The van der Waals surface area contributed by atoms with Crippen LogP contribution in [-0.2, 0) is 11.2 Å². The first-order valence-corrected chi connectivity index (χ1v) is 9.13. The summed E-state index contributed by atoms with van der Waals surface area (Å²) < 4.78 is 13.8. The van der Waals surface area contributed by atoms with Gasteiger partial charge in [-0.3, -0.25) is 9.78 Å². The van der Waals surface area contributed by atoms with Crippen LogP contribution in [0, 0.1) is 5.82 Å². The lowest BCUT2D eigenvalue weighted by molar-refractivity contribution is -0.116. The molecule has 0 radical (unpaired) electrons. The SMILES string of the molecule is O=C(CCCc1c(-c2ccccn2)[nH]c2ccc(F)cc12)Nc1ccccn1. The van der Waals surface area contributed by atoms with Crippen LogP contribution in [0.1, 0.15) is 18.4 Å². The van der Waals surface area contributed by atoms with Crippen molar-refractivity contribution in [2.75, 3.05) is 5.32 Å². The molecule has 1 aromatic carbocycles. The number of nitrogens with zero attached hydrogens (tertiary/aromatic N) is 2. The molecule has 0 aliphatic carbocycles. The van der Waals surface area contributed by atoms with E-state index in [1.807, 2.05) is 24.3 Å². The van der Waals surface area contributed by atoms with Gasteiger partial charge in [-0.05, 0) is 60.9 Å². The first kappa shape index (κ1) is 17.9. The van der Waals surface area contributed by atoms with Crippen LogP contribution in [0.15, 0.2) is 67.0 Å². The zero-order valence-corrected chi connectivity index (χ0v) is 15.2. The molecular weight excluding hydrogens is 355 g/mol. The first-order chi connectivity index (χ1) is 13.7. The van der Waals surface area contributed by atoms with Crippen molar-refractivity contribution in [3.05, 3.63) is 78.4 Å². The van der Waals surface area contributed by atoms with E-state index in [-0.39, 0.29) is 11.7 Å². The van der Waals surface area contributed by atoms with Crippen LogP contribution < -0.4 is 5.32 Å². The lowest BCUT2D eigenvalue weighted by Crippen LogP contribution is -2.12. The van der Waals surface area contributed by atoms with Crippen molar-refractivity contribution >= 4 is 22.6 Å². The summed E-state index contributed by atoms with van der Waals surface area (Å²) in [6, 6.07) is 15.7. The number of carbonyl (C=O) groups excluding carboxylic acids is 1. The number of nitrogens with one attached hydrogen (secondary N) is 2. The van der Waals surface area contributed by atoms with Gasteiger partial charge in [0.2, 0.25) is 5.91 Å². The van der Waals surface area contributed by atoms with Gasteiger partial charge < -0.3 is 10.3 Å². The average molecular weight is 374 g/mol. The monoisotopic (exact) mass is 374 g/mol. The van der Waals surface area contributed by atoms with Gasteiger partial charge in [0.15, 0.2) is 0 Å². The highest BCUT2D eigenvalue weighted by atomic mass is 19.1. The minimum absolute atomic E-state index is 0.0934. The maximum Gasteiger partial charge on any atom is 0.225 e. The number of pyridine rings is 2. The van der Waals surface area contributed by atoms with Gasteiger partial charge >= 0.3 is 0 Å². The largest absolute Gasteiger partial charge is 0.353 e. The van der Waals surface area contributed by atoms with Gasteiger partial charge in [0.05, 0.1) is 11.4 Å². The summed E-state index contributed by atoms with van der Waals surface area (Å²) in [4.78, 5) is 24.0. The predicted octanol–water partition coefficient (Wildman–Crippen LogP) is 4.73. The Morgan fingerprint density at radius 2 is 1.86 bits per heavy atom. The number of aromatic amines is 1. The van der Waals surface area contributed by atoms with Gasteiger partial charge in [-0.15, -0.1) is 0 Å². The molecule has 5 nitrogen and oxygen atoms in total. The fraction of sp³-hybridized carbons (Fsp3) is 0.136. The van der Waals surface area contributed by atoms with Crippen molar-refractivity contribution in [1.82, 2.24) is 15.0 Å². The number of rotatable bonds is 6. The van der Waals surface area contributed by atoms with Crippen LogP contribution in [0.5, 0.6) is 0 Å². The number of aryl methyl sites for hydroxylation is 1. The van der Waals surface area contributed by atoms with Crippen LogP contribution in [0.25, 0.3) is 22.3 Å². The molecule has 4 rings (SSSR count). The number of halogens is 1. The molecule has 3 aromatic heterocycles. The summed E-state index contributed by atoms with van der Waals surface area (Å²) in [6.07, 6.45) is 4.97. The van der Waals surface area contributed by atoms with Crippen LogP contribution in [-0.4, -0.2) is 20.9 Å². The maximum absolute atomic E-state index is 13.8. The molecule has 0 saturated heterocycles. The van der Waals surface area contributed by atoms with E-state index >= 15 is 0 Å². The van der Waals surface area contributed by atoms with Gasteiger partial charge in [-0.25, -0.2) is 9.37 Å². The van der Waals surface area contributed by atoms with Gasteiger partial charge in [0, 0.05) is 29.7 Å². The molecule has 140 valence electrons. The number of benzene rings is 1. The highest BCUT2D eigenvalue weighted by Gasteiger charge is 2.15. The Balaban J connectivity index is 1.54. The first-order valence-electron chi connectivity index (χ1n) is 9.13. The van der Waals surface area contributed by atoms with Crippen LogP contribution in [0.3, 0.4) is 0 Å². The Labute approximate surface area is 161 Å². The Bertz CT molecular complexity index is 1090. The molecule has 4 aromatic rings. The summed E-state index contributed by atoms with van der Waals surface area (Å²) >= 11 is 0. The number of amides is 1. The normalized spacial score (nSPS) is 10.9. The van der Waals surface area contributed by atoms with Crippen molar-refractivity contribution < 1.29 is 9.18 Å². The quantitative estimate of drug-likeness (QED) is 0.513. The van der Waals surface area contributed by atoms with Gasteiger partial charge in [-0.1, -0.05) is 12.1 Å². The van der Waals surface area contributed by atoms with E-state index in [1.165, 1.54) is 12.1 Å². The third-order valence-electron chi connectivity index (χ3n) is 4.55. The smallest absolute Gasteiger partial charge is 0.225 e. The van der Waals surface area contributed by atoms with Crippen molar-refractivity contribution in [3.63, 3.8) is 0 Å². The number of H-pyrrole nitrogens is 1. The lowest BCUT2D eigenvalue weighted by Gasteiger charge is -2.06. The second kappa shape index (κ2) is 8.00. The zero-order valence-electron chi connectivity index (χ0n) is 15.2. The molecule has 2 N–H and O–H groups in total. The van der Waals surface area contributed by atoms with Gasteiger partial charge in [0.1, 0.15) is 11.6 Å². The third kappa shape index (κ3) is 3.91. The summed E-state index contributed by atoms with van der Waals surface area (Å²) in [7, 11) is 0. The molecule has 0 unspecified atom stereocenters. The van der Waals surface area contributed by atoms with Crippen LogP contribution in [0.4, 0.5) is 10.2 Å². The topological polar surface area (TPSA) is 70.7 Å². The number of anilines is 1. The van der Waals surface area contributed by atoms with E-state index in [1.54, 1.807) is 30.6 Å². The van der Waals surface area contributed by atoms with Crippen molar-refractivity contribution in [2.45, 2.75) is 19.3 Å². The maximum atomic E-state index is 13.8. The Morgan fingerprint density at radius 3 is 2.61 bits per heavy atom. The Morgan fingerprint density at radius 1 is 1.04 bits per heavy atom. The van der Waals surface area contributed by atoms with Gasteiger partial charge in [-0.2, -0.15) is 0 Å². The van der Waals surface area contributed by atoms with E-state index < -0.39 is 0 Å². The molecule has 0 aliphatic rings. The third-order valence-corrected chi connectivity index (χ3v) is 4.55. The molecule has 0 atom stereocenters. The molecule has 3 heterocycles. The predicted molar refractivity (Wildman–Crippen MR) is 107 cm³/mol. The van der Waals surface area contributed by atoms with Crippen molar-refractivity contribution in [1.29, 1.82) is 0 Å². The Kier molecular flexibility index (Phi) is 5.10.